The Morgan fingerprint density at radius 1 is 1.15 bits per heavy atom. The van der Waals surface area contributed by atoms with E-state index in [9.17, 15) is 14.7 Å². The van der Waals surface area contributed by atoms with Crippen LogP contribution in [0, 0.1) is 6.92 Å². The summed E-state index contributed by atoms with van der Waals surface area (Å²) in [5, 5.41) is 16.4. The van der Waals surface area contributed by atoms with Crippen LogP contribution < -0.4 is 10.6 Å². The van der Waals surface area contributed by atoms with E-state index in [-0.39, 0.29) is 11.9 Å². The molecule has 1 aliphatic heterocycles. The Kier molecular flexibility index (Phi) is 5.58. The summed E-state index contributed by atoms with van der Waals surface area (Å²) in [7, 11) is 0. The number of anilines is 1. The molecule has 2 fully saturated rings. The van der Waals surface area contributed by atoms with Crippen molar-refractivity contribution in [1.82, 2.24) is 20.2 Å². The second kappa shape index (κ2) is 8.69. The average molecular weight is 446 g/mol. The summed E-state index contributed by atoms with van der Waals surface area (Å²) in [5.74, 6) is 0.463. The topological polar surface area (TPSA) is 107 Å². The van der Waals surface area contributed by atoms with Gasteiger partial charge in [0.25, 0.3) is 5.91 Å². The van der Waals surface area contributed by atoms with Gasteiger partial charge >= 0.3 is 6.09 Å². The van der Waals surface area contributed by atoms with Crippen molar-refractivity contribution >= 4 is 28.9 Å². The molecule has 1 saturated carbocycles. The second-order valence-electron chi connectivity index (χ2n) is 8.90. The highest BCUT2D eigenvalue weighted by atomic mass is 16.4. The minimum absolute atomic E-state index is 0.0256. The summed E-state index contributed by atoms with van der Waals surface area (Å²) in [6, 6.07) is 12.1. The number of aryl methyl sites for hydroxylation is 1. The first-order valence-electron chi connectivity index (χ1n) is 11.4. The zero-order chi connectivity index (χ0) is 22.9. The van der Waals surface area contributed by atoms with Crippen LogP contribution >= 0.6 is 0 Å². The minimum atomic E-state index is -0.879. The number of benzene rings is 2. The zero-order valence-electron chi connectivity index (χ0n) is 18.5. The number of nitrogens with one attached hydrogen (secondary N) is 2. The Morgan fingerprint density at radius 2 is 2.00 bits per heavy atom. The highest BCUT2D eigenvalue weighted by molar-refractivity contribution is 5.96. The van der Waals surface area contributed by atoms with Crippen molar-refractivity contribution in [3.8, 4) is 11.1 Å². The van der Waals surface area contributed by atoms with Gasteiger partial charge in [0.1, 0.15) is 0 Å². The Morgan fingerprint density at radius 3 is 2.79 bits per heavy atom. The monoisotopic (exact) mass is 445 g/mol. The van der Waals surface area contributed by atoms with Crippen LogP contribution in [0.15, 0.2) is 42.6 Å². The number of fused-ring (bicyclic) bond motifs is 1. The normalized spacial score (nSPS) is 17.8. The molecule has 5 rings (SSSR count). The van der Waals surface area contributed by atoms with Gasteiger partial charge in [0.2, 0.25) is 5.95 Å². The smallest absolute Gasteiger partial charge is 0.407 e. The van der Waals surface area contributed by atoms with Gasteiger partial charge in [0.15, 0.2) is 0 Å². The second-order valence-corrected chi connectivity index (χ2v) is 8.90. The fourth-order valence-electron chi connectivity index (χ4n) is 4.37. The number of carbonyl (C=O) groups excluding carboxylic acids is 1. The van der Waals surface area contributed by atoms with Gasteiger partial charge in [-0.3, -0.25) is 4.79 Å². The molecule has 0 radical (unpaired) electrons. The van der Waals surface area contributed by atoms with Gasteiger partial charge in [-0.15, -0.1) is 0 Å². The summed E-state index contributed by atoms with van der Waals surface area (Å²) in [6.45, 7) is 3.10. The molecule has 0 bridgehead atoms. The van der Waals surface area contributed by atoms with Crippen molar-refractivity contribution in [2.75, 3.05) is 18.4 Å². The summed E-state index contributed by atoms with van der Waals surface area (Å²) < 4.78 is 0. The molecule has 2 heterocycles. The number of nitrogens with zero attached hydrogens (tertiary/aromatic N) is 3. The lowest BCUT2D eigenvalue weighted by molar-refractivity contribution is 0.0951. The first kappa shape index (κ1) is 21.2. The van der Waals surface area contributed by atoms with Crippen LogP contribution in [0.5, 0.6) is 0 Å². The summed E-state index contributed by atoms with van der Waals surface area (Å²) in [5.41, 5.74) is 4.58. The number of carbonyl (C=O) groups is 2. The van der Waals surface area contributed by atoms with Gasteiger partial charge in [0, 0.05) is 36.3 Å². The molecule has 3 N–H and O–H groups in total. The van der Waals surface area contributed by atoms with Crippen LogP contribution in [0.25, 0.3) is 22.0 Å². The number of hydrogen-bond acceptors (Lipinski definition) is 5. The van der Waals surface area contributed by atoms with E-state index >= 15 is 0 Å². The van der Waals surface area contributed by atoms with E-state index < -0.39 is 6.09 Å². The average Bonchev–Trinajstić information content (AvgIpc) is 3.49. The van der Waals surface area contributed by atoms with Crippen molar-refractivity contribution in [3.63, 3.8) is 0 Å². The predicted octanol–water partition coefficient (Wildman–Crippen LogP) is 4.05. The van der Waals surface area contributed by atoms with Gasteiger partial charge in [-0.1, -0.05) is 12.1 Å². The van der Waals surface area contributed by atoms with E-state index in [2.05, 4.69) is 20.6 Å². The van der Waals surface area contributed by atoms with Crippen LogP contribution in [-0.2, 0) is 0 Å². The lowest BCUT2D eigenvalue weighted by Gasteiger charge is -2.21. The van der Waals surface area contributed by atoms with Gasteiger partial charge in [-0.25, -0.2) is 14.8 Å². The standard InChI is InChI=1S/C25H27N5O3/c1-15-4-5-17(23(31)28-19-7-8-19)12-21(15)16-6-9-22-18(11-16)13-26-24(29-22)27-14-20-3-2-10-30(20)25(32)33/h4-6,9,11-13,19-20H,2-3,7-8,10,14H2,1H3,(H,28,31)(H,32,33)(H,26,27,29)/t20-/m1/s1. The number of aromatic nitrogens is 2. The molecule has 2 aromatic carbocycles. The Bertz CT molecular complexity index is 1220. The van der Waals surface area contributed by atoms with E-state index in [0.717, 1.165) is 53.3 Å². The Balaban J connectivity index is 1.34. The maximum atomic E-state index is 12.5. The fourth-order valence-corrected chi connectivity index (χ4v) is 4.37. The van der Waals surface area contributed by atoms with Crippen LogP contribution in [-0.4, -0.2) is 57.1 Å². The molecule has 8 heteroatoms. The van der Waals surface area contributed by atoms with Crippen LogP contribution in [0.3, 0.4) is 0 Å². The summed E-state index contributed by atoms with van der Waals surface area (Å²) >= 11 is 0. The third-order valence-electron chi connectivity index (χ3n) is 6.42. The number of rotatable bonds is 6. The Hall–Kier alpha value is -3.68. The summed E-state index contributed by atoms with van der Waals surface area (Å²) in [6.07, 6.45) is 4.73. The first-order valence-corrected chi connectivity index (χ1v) is 11.4. The lowest BCUT2D eigenvalue weighted by atomic mass is 9.97. The van der Waals surface area contributed by atoms with Gasteiger partial charge < -0.3 is 20.6 Å². The summed E-state index contributed by atoms with van der Waals surface area (Å²) in [4.78, 5) is 34.3. The number of carboxylic acid groups (broad SMARTS) is 1. The molecule has 8 nitrogen and oxygen atoms in total. The molecule has 1 aromatic heterocycles. The number of amides is 2. The molecule has 3 aromatic rings. The minimum Gasteiger partial charge on any atom is -0.465 e. The SMILES string of the molecule is Cc1ccc(C(=O)NC2CC2)cc1-c1ccc2nc(NC[C@H]3CCCN3C(=O)O)ncc2c1. The molecule has 2 aliphatic rings. The highest BCUT2D eigenvalue weighted by Gasteiger charge is 2.28. The van der Waals surface area contributed by atoms with Crippen LogP contribution in [0.4, 0.5) is 10.7 Å². The Labute approximate surface area is 192 Å². The van der Waals surface area contributed by atoms with E-state index in [4.69, 9.17) is 0 Å². The molecule has 1 saturated heterocycles. The van der Waals surface area contributed by atoms with Gasteiger partial charge in [-0.05, 0) is 73.6 Å². The fraction of sp³-hybridized carbons (Fsp3) is 0.360. The number of hydrogen-bond donors (Lipinski definition) is 3. The third-order valence-corrected chi connectivity index (χ3v) is 6.42. The third kappa shape index (κ3) is 4.60. The van der Waals surface area contributed by atoms with E-state index in [1.165, 1.54) is 4.90 Å². The molecule has 33 heavy (non-hydrogen) atoms. The van der Waals surface area contributed by atoms with Crippen molar-refractivity contribution < 1.29 is 14.7 Å². The van der Waals surface area contributed by atoms with E-state index in [1.54, 1.807) is 6.20 Å². The molecule has 1 aliphatic carbocycles. The van der Waals surface area contributed by atoms with E-state index in [1.807, 2.05) is 43.3 Å². The first-order chi connectivity index (χ1) is 16.0. The van der Waals surface area contributed by atoms with Crippen LogP contribution in [0.1, 0.15) is 41.6 Å². The maximum Gasteiger partial charge on any atom is 0.407 e. The van der Waals surface area contributed by atoms with Crippen LogP contribution in [0.2, 0.25) is 0 Å². The van der Waals surface area contributed by atoms with Crippen molar-refractivity contribution in [3.05, 3.63) is 53.7 Å². The quantitative estimate of drug-likeness (QED) is 0.528. The van der Waals surface area contributed by atoms with Gasteiger partial charge in [-0.2, -0.15) is 0 Å². The zero-order valence-corrected chi connectivity index (χ0v) is 18.5. The molecule has 170 valence electrons. The van der Waals surface area contributed by atoms with Crippen molar-refractivity contribution in [2.45, 2.75) is 44.7 Å². The largest absolute Gasteiger partial charge is 0.465 e. The van der Waals surface area contributed by atoms with Crippen molar-refractivity contribution in [1.29, 1.82) is 0 Å². The molecule has 1 atom stereocenters. The van der Waals surface area contributed by atoms with Crippen molar-refractivity contribution in [2.24, 2.45) is 0 Å². The molecule has 0 unspecified atom stereocenters. The highest BCUT2D eigenvalue weighted by Crippen LogP contribution is 2.28. The van der Waals surface area contributed by atoms with E-state index in [0.29, 0.717) is 30.6 Å². The molecular formula is C25H27N5O3. The molecular weight excluding hydrogens is 418 g/mol. The number of likely N-dealkylation sites (tertiary alicyclic amines) is 1. The lowest BCUT2D eigenvalue weighted by Crippen LogP contribution is -2.38. The predicted molar refractivity (Wildman–Crippen MR) is 126 cm³/mol. The van der Waals surface area contributed by atoms with Gasteiger partial charge in [0.05, 0.1) is 11.6 Å². The molecule has 2 amide bonds. The maximum absolute atomic E-state index is 12.5. The molecule has 0 spiro atoms.